The molecular weight excluding hydrogens is 426 g/mol. The van der Waals surface area contributed by atoms with Crippen molar-refractivity contribution in [3.63, 3.8) is 0 Å². The van der Waals surface area contributed by atoms with Gasteiger partial charge in [-0.3, -0.25) is 9.52 Å². The minimum absolute atomic E-state index is 0.163. The van der Waals surface area contributed by atoms with Gasteiger partial charge >= 0.3 is 0 Å². The van der Waals surface area contributed by atoms with Crippen molar-refractivity contribution >= 4 is 43.9 Å². The maximum absolute atomic E-state index is 12.6. The number of rotatable bonds is 6. The zero-order valence-electron chi connectivity index (χ0n) is 18.4. The molecule has 2 N–H and O–H groups in total. The van der Waals surface area contributed by atoms with E-state index in [-0.39, 0.29) is 12.3 Å². The van der Waals surface area contributed by atoms with Crippen molar-refractivity contribution in [1.82, 2.24) is 14.6 Å². The molecule has 2 aromatic carbocycles. The average Bonchev–Trinajstić information content (AvgIpc) is 3.08. The summed E-state index contributed by atoms with van der Waals surface area (Å²) in [5, 5.41) is 8.50. The van der Waals surface area contributed by atoms with E-state index in [9.17, 15) is 13.2 Å². The lowest BCUT2D eigenvalue weighted by Gasteiger charge is -2.13. The largest absolute Gasteiger partial charge is 0.326 e. The third-order valence-corrected chi connectivity index (χ3v) is 6.03. The van der Waals surface area contributed by atoms with Crippen molar-refractivity contribution in [2.24, 2.45) is 0 Å². The van der Waals surface area contributed by atoms with E-state index >= 15 is 0 Å². The number of benzene rings is 2. The number of amides is 1. The molecule has 0 fully saturated rings. The maximum atomic E-state index is 12.6. The molecule has 9 heteroatoms. The third kappa shape index (κ3) is 4.43. The van der Waals surface area contributed by atoms with Crippen LogP contribution in [-0.2, 0) is 21.2 Å². The Kier molecular flexibility index (Phi) is 5.60. The molecule has 0 unspecified atom stereocenters. The molecule has 0 radical (unpaired) electrons. The van der Waals surface area contributed by atoms with Gasteiger partial charge in [0.15, 0.2) is 5.65 Å². The molecule has 2 aromatic heterocycles. The summed E-state index contributed by atoms with van der Waals surface area (Å²) in [7, 11) is -3.41. The molecule has 0 saturated carbocycles. The predicted molar refractivity (Wildman–Crippen MR) is 127 cm³/mol. The number of nitrogens with one attached hydrogen (secondary N) is 2. The smallest absolute Gasteiger partial charge is 0.229 e. The average molecular weight is 452 g/mol. The number of hydrogen-bond donors (Lipinski definition) is 2. The molecule has 4 rings (SSSR count). The van der Waals surface area contributed by atoms with Crippen molar-refractivity contribution < 1.29 is 13.2 Å². The Morgan fingerprint density at radius 2 is 1.84 bits per heavy atom. The highest BCUT2D eigenvalue weighted by Crippen LogP contribution is 2.24. The van der Waals surface area contributed by atoms with Crippen molar-refractivity contribution in [2.75, 3.05) is 16.3 Å². The summed E-state index contributed by atoms with van der Waals surface area (Å²) in [4.78, 5) is 17.3. The second kappa shape index (κ2) is 8.23. The first kappa shape index (κ1) is 21.8. The summed E-state index contributed by atoms with van der Waals surface area (Å²) in [5.41, 5.74) is 6.28. The van der Waals surface area contributed by atoms with Crippen LogP contribution in [-0.4, -0.2) is 35.2 Å². The molecule has 0 spiro atoms. The van der Waals surface area contributed by atoms with Gasteiger partial charge < -0.3 is 5.32 Å². The SMILES string of the molecule is Cc1ccc(NC(=O)CCc2c(C)nc3c4ccccc4nn3c2C)cc1NS(C)(=O)=O. The highest BCUT2D eigenvalue weighted by molar-refractivity contribution is 7.92. The molecule has 1 amide bonds. The highest BCUT2D eigenvalue weighted by Gasteiger charge is 2.15. The van der Waals surface area contributed by atoms with Crippen molar-refractivity contribution in [2.45, 2.75) is 33.6 Å². The van der Waals surface area contributed by atoms with Crippen LogP contribution in [0.3, 0.4) is 0 Å². The van der Waals surface area contributed by atoms with Gasteiger partial charge in [-0.2, -0.15) is 5.10 Å². The Hall–Kier alpha value is -3.46. The molecule has 0 aliphatic heterocycles. The fourth-order valence-corrected chi connectivity index (χ4v) is 4.43. The Bertz CT molecular complexity index is 1460. The second-order valence-corrected chi connectivity index (χ2v) is 9.71. The number of carbonyl (C=O) groups excluding carboxylic acids is 1. The van der Waals surface area contributed by atoms with Gasteiger partial charge in [0, 0.05) is 28.9 Å². The summed E-state index contributed by atoms with van der Waals surface area (Å²) in [6.45, 7) is 5.74. The number of nitrogens with zero attached hydrogens (tertiary/aromatic N) is 3. The van der Waals surface area contributed by atoms with E-state index in [1.807, 2.05) is 42.6 Å². The Morgan fingerprint density at radius 1 is 1.09 bits per heavy atom. The van der Waals surface area contributed by atoms with Crippen LogP contribution in [0.2, 0.25) is 0 Å². The lowest BCUT2D eigenvalue weighted by atomic mass is 10.1. The first-order chi connectivity index (χ1) is 15.1. The van der Waals surface area contributed by atoms with Crippen LogP contribution in [0, 0.1) is 20.8 Å². The predicted octanol–water partition coefficient (Wildman–Crippen LogP) is 3.75. The van der Waals surface area contributed by atoms with Gasteiger partial charge in [0.2, 0.25) is 15.9 Å². The van der Waals surface area contributed by atoms with Crippen LogP contribution >= 0.6 is 0 Å². The van der Waals surface area contributed by atoms with E-state index in [0.717, 1.165) is 45.3 Å². The van der Waals surface area contributed by atoms with Crippen LogP contribution in [0.4, 0.5) is 11.4 Å². The number of sulfonamides is 1. The monoisotopic (exact) mass is 451 g/mol. The number of aryl methyl sites for hydroxylation is 3. The second-order valence-electron chi connectivity index (χ2n) is 7.97. The van der Waals surface area contributed by atoms with Gasteiger partial charge in [0.05, 0.1) is 17.5 Å². The van der Waals surface area contributed by atoms with Gasteiger partial charge in [-0.15, -0.1) is 0 Å². The van der Waals surface area contributed by atoms with Crippen LogP contribution in [0.5, 0.6) is 0 Å². The van der Waals surface area contributed by atoms with E-state index in [1.165, 1.54) is 0 Å². The van der Waals surface area contributed by atoms with E-state index in [0.29, 0.717) is 17.8 Å². The normalized spacial score (nSPS) is 11.8. The molecular formula is C23H25N5O3S. The molecule has 8 nitrogen and oxygen atoms in total. The molecule has 2 heterocycles. The topological polar surface area (TPSA) is 105 Å². The van der Waals surface area contributed by atoms with Gasteiger partial charge in [-0.05, 0) is 62.6 Å². The molecule has 0 atom stereocenters. The zero-order valence-corrected chi connectivity index (χ0v) is 19.2. The van der Waals surface area contributed by atoms with Gasteiger partial charge in [0.25, 0.3) is 0 Å². The Morgan fingerprint density at radius 3 is 2.59 bits per heavy atom. The fraction of sp³-hybridized carbons (Fsp3) is 0.261. The summed E-state index contributed by atoms with van der Waals surface area (Å²) in [6, 6.07) is 13.0. The summed E-state index contributed by atoms with van der Waals surface area (Å²) in [5.74, 6) is -0.163. The standard InChI is InChI=1S/C23H25N5O3S/c1-14-9-10-17(13-21(14)27-32(4,30)31)25-22(29)12-11-18-15(2)24-23-19-7-5-6-8-20(19)26-28(23)16(18)3/h5-10,13,27H,11-12H2,1-4H3,(H,25,29). The van der Waals surface area contributed by atoms with Gasteiger partial charge in [0.1, 0.15) is 0 Å². The maximum Gasteiger partial charge on any atom is 0.229 e. The molecule has 0 bridgehead atoms. The number of carbonyl (C=O) groups is 1. The summed E-state index contributed by atoms with van der Waals surface area (Å²) < 4.78 is 27.4. The Balaban J connectivity index is 1.52. The van der Waals surface area contributed by atoms with Crippen molar-refractivity contribution in [3.05, 3.63) is 65.0 Å². The van der Waals surface area contributed by atoms with E-state index in [1.54, 1.807) is 25.1 Å². The first-order valence-corrected chi connectivity index (χ1v) is 12.1. The van der Waals surface area contributed by atoms with Crippen molar-refractivity contribution in [1.29, 1.82) is 0 Å². The van der Waals surface area contributed by atoms with Gasteiger partial charge in [-0.1, -0.05) is 18.2 Å². The van der Waals surface area contributed by atoms with Crippen LogP contribution in [0.15, 0.2) is 42.5 Å². The highest BCUT2D eigenvalue weighted by atomic mass is 32.2. The number of hydrogen-bond acceptors (Lipinski definition) is 5. The van der Waals surface area contributed by atoms with E-state index < -0.39 is 10.0 Å². The lowest BCUT2D eigenvalue weighted by Crippen LogP contribution is -2.15. The molecule has 4 aromatic rings. The van der Waals surface area contributed by atoms with Crippen LogP contribution in [0.25, 0.3) is 16.6 Å². The van der Waals surface area contributed by atoms with Crippen molar-refractivity contribution in [3.8, 4) is 0 Å². The van der Waals surface area contributed by atoms with Crippen LogP contribution in [0.1, 0.15) is 28.9 Å². The minimum atomic E-state index is -3.41. The van der Waals surface area contributed by atoms with Crippen LogP contribution < -0.4 is 10.0 Å². The number of anilines is 2. The lowest BCUT2D eigenvalue weighted by molar-refractivity contribution is -0.116. The first-order valence-electron chi connectivity index (χ1n) is 10.2. The minimum Gasteiger partial charge on any atom is -0.326 e. The third-order valence-electron chi connectivity index (χ3n) is 5.44. The molecule has 0 saturated heterocycles. The number of aromatic nitrogens is 3. The van der Waals surface area contributed by atoms with E-state index in [4.69, 9.17) is 4.98 Å². The molecule has 166 valence electrons. The fourth-order valence-electron chi connectivity index (χ4n) is 3.81. The summed E-state index contributed by atoms with van der Waals surface area (Å²) in [6.07, 6.45) is 1.87. The van der Waals surface area contributed by atoms with Gasteiger partial charge in [-0.25, -0.2) is 17.9 Å². The van der Waals surface area contributed by atoms with E-state index in [2.05, 4.69) is 15.1 Å². The Labute approximate surface area is 186 Å². The zero-order chi connectivity index (χ0) is 23.0. The molecule has 0 aliphatic rings. The molecule has 32 heavy (non-hydrogen) atoms. The molecule has 0 aliphatic carbocycles. The quantitative estimate of drug-likeness (QED) is 0.464. The number of fused-ring (bicyclic) bond motifs is 3. The summed E-state index contributed by atoms with van der Waals surface area (Å²) >= 11 is 0.